The highest BCUT2D eigenvalue weighted by molar-refractivity contribution is 6.35. The number of amides is 2. The molecule has 2 unspecified atom stereocenters. The molecule has 2 amide bonds. The van der Waals surface area contributed by atoms with Crippen LogP contribution in [0.15, 0.2) is 18.2 Å². The van der Waals surface area contributed by atoms with E-state index in [1.807, 2.05) is 11.0 Å². The fraction of sp³-hybridized carbons (Fsp3) is 0.579. The normalized spacial score (nSPS) is 23.0. The summed E-state index contributed by atoms with van der Waals surface area (Å²) in [5.74, 6) is -0.197. The van der Waals surface area contributed by atoms with Gasteiger partial charge in [0.2, 0.25) is 11.8 Å². The molecule has 5 nitrogen and oxygen atoms in total. The molecule has 1 aliphatic carbocycles. The number of hydrogen-bond acceptors (Lipinski definition) is 3. The number of benzene rings is 1. The summed E-state index contributed by atoms with van der Waals surface area (Å²) < 4.78 is 0. The van der Waals surface area contributed by atoms with Gasteiger partial charge < -0.3 is 15.1 Å². The number of carbonyl (C=O) groups is 2. The van der Waals surface area contributed by atoms with E-state index in [1.54, 1.807) is 12.1 Å². The van der Waals surface area contributed by atoms with Gasteiger partial charge in [0.25, 0.3) is 0 Å². The molecule has 1 aliphatic heterocycles. The second-order valence-electron chi connectivity index (χ2n) is 6.98. The smallest absolute Gasteiger partial charge is 0.226 e. The molecule has 1 saturated heterocycles. The van der Waals surface area contributed by atoms with Crippen molar-refractivity contribution in [2.45, 2.75) is 19.8 Å². The van der Waals surface area contributed by atoms with Gasteiger partial charge in [-0.3, -0.25) is 9.59 Å². The van der Waals surface area contributed by atoms with E-state index >= 15 is 0 Å². The fourth-order valence-electron chi connectivity index (χ4n) is 3.45. The number of piperazine rings is 1. The molecule has 0 radical (unpaired) electrons. The molecule has 142 valence electrons. The summed E-state index contributed by atoms with van der Waals surface area (Å²) in [6.07, 6.45) is 1.31. The molecule has 7 heteroatoms. The highest BCUT2D eigenvalue weighted by atomic mass is 35.5. The Morgan fingerprint density at radius 2 is 1.88 bits per heavy atom. The molecule has 2 fully saturated rings. The summed E-state index contributed by atoms with van der Waals surface area (Å²) in [4.78, 5) is 29.1. The molecule has 2 aliphatic rings. The van der Waals surface area contributed by atoms with Crippen molar-refractivity contribution in [1.82, 2.24) is 15.1 Å². The van der Waals surface area contributed by atoms with E-state index in [4.69, 9.17) is 23.2 Å². The van der Waals surface area contributed by atoms with Gasteiger partial charge in [-0.25, -0.2) is 0 Å². The standard InChI is InChI=1S/C19H25Cl2N3O2/c1-2-23-7-9-24(10-8-23)19(26)16-12-15(16)18(25)22-6-5-13-3-4-14(20)11-17(13)21/h3-4,11,15-16H,2,5-10,12H2,1H3,(H,22,25). The maximum Gasteiger partial charge on any atom is 0.226 e. The number of hydrogen-bond donors (Lipinski definition) is 1. The molecule has 1 aromatic carbocycles. The number of halogens is 2. The van der Waals surface area contributed by atoms with Crippen LogP contribution in [0.3, 0.4) is 0 Å². The molecular formula is C19H25Cl2N3O2. The van der Waals surface area contributed by atoms with Gasteiger partial charge in [-0.1, -0.05) is 36.2 Å². The minimum Gasteiger partial charge on any atom is -0.356 e. The minimum absolute atomic E-state index is 0.0272. The fourth-order valence-corrected chi connectivity index (χ4v) is 3.96. The first-order chi connectivity index (χ1) is 12.5. The molecule has 1 saturated carbocycles. The van der Waals surface area contributed by atoms with E-state index in [9.17, 15) is 9.59 Å². The van der Waals surface area contributed by atoms with Crippen LogP contribution in [0.2, 0.25) is 10.0 Å². The van der Waals surface area contributed by atoms with Gasteiger partial charge in [-0.05, 0) is 37.1 Å². The number of carbonyl (C=O) groups excluding carboxylic acids is 2. The average molecular weight is 398 g/mol. The third kappa shape index (κ3) is 4.70. The van der Waals surface area contributed by atoms with Crippen molar-refractivity contribution in [2.75, 3.05) is 39.3 Å². The highest BCUT2D eigenvalue weighted by Gasteiger charge is 2.49. The van der Waals surface area contributed by atoms with Gasteiger partial charge in [0.05, 0.1) is 11.8 Å². The Labute approximate surface area is 164 Å². The topological polar surface area (TPSA) is 52.7 Å². The highest BCUT2D eigenvalue weighted by Crippen LogP contribution is 2.40. The lowest BCUT2D eigenvalue weighted by molar-refractivity contribution is -0.136. The second-order valence-corrected chi connectivity index (χ2v) is 7.83. The Kier molecular flexibility index (Phi) is 6.43. The predicted molar refractivity (Wildman–Crippen MR) is 103 cm³/mol. The SMILES string of the molecule is CCN1CCN(C(=O)C2CC2C(=O)NCCc2ccc(Cl)cc2Cl)CC1. The third-order valence-corrected chi connectivity index (χ3v) is 5.87. The molecule has 1 heterocycles. The molecule has 0 bridgehead atoms. The molecule has 1 N–H and O–H groups in total. The first kappa shape index (κ1) is 19.5. The van der Waals surface area contributed by atoms with E-state index in [2.05, 4.69) is 17.1 Å². The molecular weight excluding hydrogens is 373 g/mol. The van der Waals surface area contributed by atoms with Crippen LogP contribution in [0, 0.1) is 11.8 Å². The molecule has 2 atom stereocenters. The first-order valence-electron chi connectivity index (χ1n) is 9.22. The van der Waals surface area contributed by atoms with Crippen molar-refractivity contribution in [1.29, 1.82) is 0 Å². The molecule has 0 aromatic heterocycles. The van der Waals surface area contributed by atoms with Crippen molar-refractivity contribution in [3.8, 4) is 0 Å². The number of nitrogens with one attached hydrogen (secondary N) is 1. The zero-order valence-corrected chi connectivity index (χ0v) is 16.5. The zero-order chi connectivity index (χ0) is 18.7. The van der Waals surface area contributed by atoms with Crippen LogP contribution in [0.1, 0.15) is 18.9 Å². The maximum absolute atomic E-state index is 12.5. The Morgan fingerprint density at radius 1 is 1.15 bits per heavy atom. The van der Waals surface area contributed by atoms with Gasteiger partial charge in [0, 0.05) is 42.8 Å². The van der Waals surface area contributed by atoms with Gasteiger partial charge in [-0.15, -0.1) is 0 Å². The van der Waals surface area contributed by atoms with Crippen molar-refractivity contribution < 1.29 is 9.59 Å². The molecule has 0 spiro atoms. The van der Waals surface area contributed by atoms with Gasteiger partial charge in [0.1, 0.15) is 0 Å². The second kappa shape index (κ2) is 8.59. The monoisotopic (exact) mass is 397 g/mol. The summed E-state index contributed by atoms with van der Waals surface area (Å²) in [6, 6.07) is 5.36. The first-order valence-corrected chi connectivity index (χ1v) is 9.98. The van der Waals surface area contributed by atoms with Crippen LogP contribution in [0.4, 0.5) is 0 Å². The van der Waals surface area contributed by atoms with Crippen molar-refractivity contribution >= 4 is 35.0 Å². The van der Waals surface area contributed by atoms with Crippen LogP contribution in [0.25, 0.3) is 0 Å². The van der Waals surface area contributed by atoms with Crippen LogP contribution >= 0.6 is 23.2 Å². The minimum atomic E-state index is -0.174. The maximum atomic E-state index is 12.5. The summed E-state index contributed by atoms with van der Waals surface area (Å²) in [5, 5.41) is 4.14. The Hall–Kier alpha value is -1.30. The van der Waals surface area contributed by atoms with Gasteiger partial charge >= 0.3 is 0 Å². The Bertz CT molecular complexity index is 675. The van der Waals surface area contributed by atoms with Crippen LogP contribution in [0.5, 0.6) is 0 Å². The average Bonchev–Trinajstić information content (AvgIpc) is 3.44. The predicted octanol–water partition coefficient (Wildman–Crippen LogP) is 2.45. The summed E-state index contributed by atoms with van der Waals surface area (Å²) in [6.45, 7) is 7.05. The lowest BCUT2D eigenvalue weighted by Gasteiger charge is -2.34. The summed E-state index contributed by atoms with van der Waals surface area (Å²) in [7, 11) is 0. The third-order valence-electron chi connectivity index (χ3n) is 5.28. The molecule has 3 rings (SSSR count). The van der Waals surface area contributed by atoms with Crippen molar-refractivity contribution in [3.05, 3.63) is 33.8 Å². The number of likely N-dealkylation sites (N-methyl/N-ethyl adjacent to an activating group) is 1. The van der Waals surface area contributed by atoms with Crippen molar-refractivity contribution in [3.63, 3.8) is 0 Å². The Balaban J connectivity index is 1.40. The van der Waals surface area contributed by atoms with Gasteiger partial charge in [-0.2, -0.15) is 0 Å². The number of nitrogens with zero attached hydrogens (tertiary/aromatic N) is 2. The van der Waals surface area contributed by atoms with Gasteiger partial charge in [0.15, 0.2) is 0 Å². The van der Waals surface area contributed by atoms with E-state index in [1.165, 1.54) is 0 Å². The van der Waals surface area contributed by atoms with E-state index in [0.29, 0.717) is 29.4 Å². The lowest BCUT2D eigenvalue weighted by Crippen LogP contribution is -2.49. The van der Waals surface area contributed by atoms with Crippen LogP contribution < -0.4 is 5.32 Å². The zero-order valence-electron chi connectivity index (χ0n) is 15.0. The molecule has 26 heavy (non-hydrogen) atoms. The van der Waals surface area contributed by atoms with Crippen molar-refractivity contribution in [2.24, 2.45) is 11.8 Å². The van der Waals surface area contributed by atoms with E-state index in [-0.39, 0.29) is 23.7 Å². The summed E-state index contributed by atoms with van der Waals surface area (Å²) >= 11 is 12.0. The number of rotatable bonds is 6. The quantitative estimate of drug-likeness (QED) is 0.801. The lowest BCUT2D eigenvalue weighted by atomic mass is 10.1. The largest absolute Gasteiger partial charge is 0.356 e. The van der Waals surface area contributed by atoms with E-state index < -0.39 is 0 Å². The van der Waals surface area contributed by atoms with E-state index in [0.717, 1.165) is 38.3 Å². The van der Waals surface area contributed by atoms with Crippen LogP contribution in [-0.2, 0) is 16.0 Å². The van der Waals surface area contributed by atoms with Crippen LogP contribution in [-0.4, -0.2) is 60.9 Å². The molecule has 1 aromatic rings. The summed E-state index contributed by atoms with van der Waals surface area (Å²) in [5.41, 5.74) is 0.952. The Morgan fingerprint density at radius 3 is 2.54 bits per heavy atom.